The average Bonchev–Trinajstić information content (AvgIpc) is 2.63. The molecule has 0 fully saturated rings. The maximum atomic E-state index is 11.1. The molecule has 1 aromatic rings. The largest absolute Gasteiger partial charge is 0.347 e. The molecular weight excluding hydrogens is 222 g/mol. The van der Waals surface area contributed by atoms with Crippen LogP contribution in [0.5, 0.6) is 0 Å². The Labute approximate surface area is 101 Å². The molecule has 4 nitrogen and oxygen atoms in total. The van der Waals surface area contributed by atoms with Gasteiger partial charge in [0.2, 0.25) is 5.91 Å². The Morgan fingerprint density at radius 2 is 2.25 bits per heavy atom. The minimum absolute atomic E-state index is 0.00523. The molecule has 1 heterocycles. The van der Waals surface area contributed by atoms with Crippen molar-refractivity contribution in [1.82, 2.24) is 14.7 Å². The Balaban J connectivity index is 2.59. The van der Waals surface area contributed by atoms with Gasteiger partial charge in [0.1, 0.15) is 10.8 Å². The molecule has 0 aliphatic rings. The smallest absolute Gasteiger partial charge is 0.217 e. The number of amides is 1. The van der Waals surface area contributed by atoms with E-state index in [2.05, 4.69) is 21.6 Å². The van der Waals surface area contributed by atoms with Gasteiger partial charge in [0.25, 0.3) is 0 Å². The number of hydrogen-bond acceptors (Lipinski definition) is 4. The van der Waals surface area contributed by atoms with E-state index in [-0.39, 0.29) is 11.9 Å². The van der Waals surface area contributed by atoms with Crippen molar-refractivity contribution in [2.24, 2.45) is 0 Å². The van der Waals surface area contributed by atoms with Gasteiger partial charge in [0, 0.05) is 6.92 Å². The summed E-state index contributed by atoms with van der Waals surface area (Å²) in [5.74, 6) is 0.778. The molecule has 90 valence electrons. The normalized spacial score (nSPS) is 12.4. The maximum Gasteiger partial charge on any atom is 0.217 e. The number of rotatable bonds is 6. The van der Waals surface area contributed by atoms with Gasteiger partial charge in [0.05, 0.1) is 6.04 Å². The molecule has 0 radical (unpaired) electrons. The second kappa shape index (κ2) is 6.58. The maximum absolute atomic E-state index is 11.1. The summed E-state index contributed by atoms with van der Waals surface area (Å²) in [7, 11) is 0. The molecular formula is C11H19N3OS. The summed E-state index contributed by atoms with van der Waals surface area (Å²) in [6.45, 7) is 5.58. The molecule has 0 bridgehead atoms. The third-order valence-corrected chi connectivity index (χ3v) is 3.23. The summed E-state index contributed by atoms with van der Waals surface area (Å²) < 4.78 is 4.15. The summed E-state index contributed by atoms with van der Waals surface area (Å²) in [4.78, 5) is 15.4. The number of unbranched alkanes of at least 4 members (excludes halogenated alkanes) is 2. The lowest BCUT2D eigenvalue weighted by molar-refractivity contribution is -0.119. The first-order valence-corrected chi connectivity index (χ1v) is 6.48. The van der Waals surface area contributed by atoms with Crippen molar-refractivity contribution in [3.63, 3.8) is 0 Å². The first-order chi connectivity index (χ1) is 7.63. The van der Waals surface area contributed by atoms with Crippen LogP contribution in [-0.2, 0) is 4.79 Å². The fourth-order valence-electron chi connectivity index (χ4n) is 1.56. The highest BCUT2D eigenvalue weighted by atomic mass is 32.1. The fraction of sp³-hybridized carbons (Fsp3) is 0.727. The Bertz CT molecular complexity index is 338. The molecule has 0 aliphatic heterocycles. The van der Waals surface area contributed by atoms with Crippen LogP contribution in [0.4, 0.5) is 0 Å². The summed E-state index contributed by atoms with van der Waals surface area (Å²) in [6.07, 6.45) is 4.43. The standard InChI is InChI=1S/C11H19N3OS/c1-4-5-6-7-10(13-9(3)15)11-12-8(2)14-16-11/h10H,4-7H2,1-3H3,(H,13,15). The van der Waals surface area contributed by atoms with Crippen LogP contribution in [0.3, 0.4) is 0 Å². The van der Waals surface area contributed by atoms with Gasteiger partial charge in [-0.05, 0) is 24.9 Å². The topological polar surface area (TPSA) is 54.9 Å². The molecule has 1 unspecified atom stereocenters. The second-order valence-corrected chi connectivity index (χ2v) is 4.71. The fourth-order valence-corrected chi connectivity index (χ4v) is 2.30. The predicted octanol–water partition coefficient (Wildman–Crippen LogP) is 2.60. The van der Waals surface area contributed by atoms with Gasteiger partial charge in [-0.3, -0.25) is 4.79 Å². The number of carbonyl (C=O) groups excluding carboxylic acids is 1. The Morgan fingerprint density at radius 3 is 2.75 bits per heavy atom. The Hall–Kier alpha value is -0.970. The number of aryl methyl sites for hydroxylation is 1. The van der Waals surface area contributed by atoms with Crippen LogP contribution in [0.2, 0.25) is 0 Å². The molecule has 1 rings (SSSR count). The average molecular weight is 241 g/mol. The zero-order chi connectivity index (χ0) is 12.0. The predicted molar refractivity (Wildman–Crippen MR) is 65.3 cm³/mol. The van der Waals surface area contributed by atoms with Crippen LogP contribution < -0.4 is 5.32 Å². The van der Waals surface area contributed by atoms with Gasteiger partial charge < -0.3 is 5.32 Å². The minimum atomic E-state index is -0.00523. The molecule has 16 heavy (non-hydrogen) atoms. The van der Waals surface area contributed by atoms with E-state index < -0.39 is 0 Å². The van der Waals surface area contributed by atoms with Crippen LogP contribution in [0.1, 0.15) is 56.4 Å². The first-order valence-electron chi connectivity index (χ1n) is 5.70. The minimum Gasteiger partial charge on any atom is -0.347 e. The zero-order valence-electron chi connectivity index (χ0n) is 10.1. The van der Waals surface area contributed by atoms with E-state index in [1.54, 1.807) is 6.92 Å². The van der Waals surface area contributed by atoms with Gasteiger partial charge in [-0.1, -0.05) is 26.2 Å². The molecule has 0 saturated carbocycles. The highest BCUT2D eigenvalue weighted by Gasteiger charge is 2.16. The Kier molecular flexibility index (Phi) is 5.38. The quantitative estimate of drug-likeness (QED) is 0.779. The number of hydrogen-bond donors (Lipinski definition) is 1. The molecule has 0 aromatic carbocycles. The molecule has 0 aliphatic carbocycles. The third kappa shape index (κ3) is 4.26. The summed E-state index contributed by atoms with van der Waals surface area (Å²) in [6, 6.07) is 0.0373. The molecule has 0 saturated heterocycles. The van der Waals surface area contributed by atoms with Crippen molar-refractivity contribution in [2.75, 3.05) is 0 Å². The third-order valence-electron chi connectivity index (χ3n) is 2.32. The first kappa shape index (κ1) is 13.1. The van der Waals surface area contributed by atoms with Crippen LogP contribution in [0.15, 0.2) is 0 Å². The van der Waals surface area contributed by atoms with Crippen molar-refractivity contribution in [3.8, 4) is 0 Å². The van der Waals surface area contributed by atoms with E-state index in [0.717, 1.165) is 23.7 Å². The van der Waals surface area contributed by atoms with Gasteiger partial charge in [0.15, 0.2) is 0 Å². The van der Waals surface area contributed by atoms with Crippen LogP contribution in [0, 0.1) is 6.92 Å². The van der Waals surface area contributed by atoms with E-state index in [9.17, 15) is 4.79 Å². The molecule has 1 amide bonds. The molecule has 1 N–H and O–H groups in total. The lowest BCUT2D eigenvalue weighted by Crippen LogP contribution is -2.25. The van der Waals surface area contributed by atoms with Crippen LogP contribution in [0.25, 0.3) is 0 Å². The lowest BCUT2D eigenvalue weighted by Gasteiger charge is -2.14. The van der Waals surface area contributed by atoms with Gasteiger partial charge in [-0.25, -0.2) is 4.98 Å². The van der Waals surface area contributed by atoms with Gasteiger partial charge in [-0.2, -0.15) is 4.37 Å². The monoisotopic (exact) mass is 241 g/mol. The molecule has 1 atom stereocenters. The van der Waals surface area contributed by atoms with Crippen molar-refractivity contribution < 1.29 is 4.79 Å². The van der Waals surface area contributed by atoms with Gasteiger partial charge in [-0.15, -0.1) is 0 Å². The van der Waals surface area contributed by atoms with Crippen molar-refractivity contribution in [2.45, 2.75) is 52.5 Å². The summed E-state index contributed by atoms with van der Waals surface area (Å²) in [5, 5.41) is 3.86. The summed E-state index contributed by atoms with van der Waals surface area (Å²) >= 11 is 1.38. The van der Waals surface area contributed by atoms with Crippen molar-refractivity contribution in [1.29, 1.82) is 0 Å². The molecule has 5 heteroatoms. The SMILES string of the molecule is CCCCCC(NC(C)=O)c1nc(C)ns1. The molecule has 1 aromatic heterocycles. The highest BCUT2D eigenvalue weighted by Crippen LogP contribution is 2.21. The lowest BCUT2D eigenvalue weighted by atomic mass is 10.1. The van der Waals surface area contributed by atoms with E-state index >= 15 is 0 Å². The van der Waals surface area contributed by atoms with E-state index in [1.807, 2.05) is 6.92 Å². The highest BCUT2D eigenvalue weighted by molar-refractivity contribution is 7.05. The van der Waals surface area contributed by atoms with Crippen molar-refractivity contribution in [3.05, 3.63) is 10.8 Å². The van der Waals surface area contributed by atoms with E-state index in [0.29, 0.717) is 0 Å². The van der Waals surface area contributed by atoms with E-state index in [4.69, 9.17) is 0 Å². The number of aromatic nitrogens is 2. The van der Waals surface area contributed by atoms with Crippen LogP contribution in [-0.4, -0.2) is 15.3 Å². The molecule has 0 spiro atoms. The Morgan fingerprint density at radius 1 is 1.50 bits per heavy atom. The zero-order valence-corrected chi connectivity index (χ0v) is 10.9. The van der Waals surface area contributed by atoms with Crippen LogP contribution >= 0.6 is 11.5 Å². The summed E-state index contributed by atoms with van der Waals surface area (Å²) in [5.41, 5.74) is 0. The van der Waals surface area contributed by atoms with Gasteiger partial charge >= 0.3 is 0 Å². The number of nitrogens with zero attached hydrogens (tertiary/aromatic N) is 2. The second-order valence-electron chi connectivity index (χ2n) is 3.93. The van der Waals surface area contributed by atoms with Crippen molar-refractivity contribution >= 4 is 17.4 Å². The van der Waals surface area contributed by atoms with E-state index in [1.165, 1.54) is 24.4 Å². The number of nitrogens with one attached hydrogen (secondary N) is 1. The number of carbonyl (C=O) groups is 1.